The Morgan fingerprint density at radius 1 is 0.795 bits per heavy atom. The van der Waals surface area contributed by atoms with Crippen LogP contribution < -0.4 is 21.3 Å². The maximum absolute atomic E-state index is 13.4. The van der Waals surface area contributed by atoms with Gasteiger partial charge in [-0.25, -0.2) is 4.98 Å². The number of nitrogens with zero attached hydrogens (tertiary/aromatic N) is 3. The molecule has 0 radical (unpaired) electrons. The van der Waals surface area contributed by atoms with Crippen LogP contribution in [0.25, 0.3) is 10.8 Å². The molecule has 3 aromatic carbocycles. The number of rotatable bonds is 15. The molecule has 44 heavy (non-hydrogen) atoms. The zero-order valence-corrected chi connectivity index (χ0v) is 25.4. The van der Waals surface area contributed by atoms with Crippen molar-refractivity contribution in [2.75, 3.05) is 6.54 Å². The van der Waals surface area contributed by atoms with E-state index in [2.05, 4.69) is 55.1 Å². The predicted octanol–water partition coefficient (Wildman–Crippen LogP) is 4.19. The Kier molecular flexibility index (Phi) is 10.6. The molecule has 0 spiro atoms. The predicted molar refractivity (Wildman–Crippen MR) is 174 cm³/mol. The molecule has 0 unspecified atom stereocenters. The lowest BCUT2D eigenvalue weighted by Crippen LogP contribution is -2.46. The quantitative estimate of drug-likeness (QED) is 0.137. The van der Waals surface area contributed by atoms with Crippen molar-refractivity contribution in [3.8, 4) is 0 Å². The maximum atomic E-state index is 13.4. The van der Waals surface area contributed by atoms with Gasteiger partial charge in [-0.1, -0.05) is 54.6 Å². The third-order valence-corrected chi connectivity index (χ3v) is 7.91. The van der Waals surface area contributed by atoms with Gasteiger partial charge in [-0.2, -0.15) is 0 Å². The Hall–Kier alpha value is -4.73. The SMILES string of the molecule is Cn1cccc1CNCCC[C@H](NC(=O)c1ccc(CNCc2nccn2C)cc1)C(=O)NCc1cccc2ccccc12. The number of carbonyl (C=O) groups excluding carboxylic acids is 2. The monoisotopic (exact) mass is 591 g/mol. The fourth-order valence-corrected chi connectivity index (χ4v) is 5.25. The Balaban J connectivity index is 1.18. The summed E-state index contributed by atoms with van der Waals surface area (Å²) in [4.78, 5) is 31.0. The van der Waals surface area contributed by atoms with Crippen molar-refractivity contribution in [3.05, 3.63) is 126 Å². The molecule has 2 amide bonds. The highest BCUT2D eigenvalue weighted by Gasteiger charge is 2.21. The number of imidazole rings is 1. The lowest BCUT2D eigenvalue weighted by molar-refractivity contribution is -0.123. The second kappa shape index (κ2) is 15.1. The van der Waals surface area contributed by atoms with Crippen LogP contribution in [0.1, 0.15) is 45.8 Å². The van der Waals surface area contributed by atoms with Crippen LogP contribution in [0.15, 0.2) is 97.5 Å². The number of benzene rings is 3. The highest BCUT2D eigenvalue weighted by molar-refractivity contribution is 5.97. The third kappa shape index (κ3) is 8.21. The maximum Gasteiger partial charge on any atom is 0.251 e. The molecule has 0 aliphatic heterocycles. The van der Waals surface area contributed by atoms with Crippen LogP contribution in [0.3, 0.4) is 0 Å². The van der Waals surface area contributed by atoms with Gasteiger partial charge in [0.05, 0.1) is 6.54 Å². The standard InChI is InChI=1S/C35H41N7O2/c1-41-20-7-11-30(41)24-36-18-6-13-32(35(44)39-23-29-10-5-9-27-8-3-4-12-31(27)29)40-34(43)28-16-14-26(15-17-28)22-37-25-33-38-19-21-42(33)2/h3-5,7-12,14-17,19-21,32,36-37H,6,13,18,22-25H2,1-2H3,(H,39,44)(H,40,43)/t32-/m0/s1. The fourth-order valence-electron chi connectivity index (χ4n) is 5.25. The summed E-state index contributed by atoms with van der Waals surface area (Å²) < 4.78 is 4.06. The summed E-state index contributed by atoms with van der Waals surface area (Å²) in [7, 11) is 3.99. The molecule has 0 saturated carbocycles. The Morgan fingerprint density at radius 2 is 1.61 bits per heavy atom. The summed E-state index contributed by atoms with van der Waals surface area (Å²) in [6.45, 7) is 3.17. The lowest BCUT2D eigenvalue weighted by atomic mass is 10.0. The van der Waals surface area contributed by atoms with Gasteiger partial charge < -0.3 is 30.4 Å². The number of fused-ring (bicyclic) bond motifs is 1. The first-order valence-electron chi connectivity index (χ1n) is 15.1. The van der Waals surface area contributed by atoms with Crippen LogP contribution >= 0.6 is 0 Å². The zero-order chi connectivity index (χ0) is 30.7. The number of hydrogen-bond donors (Lipinski definition) is 4. The van der Waals surface area contributed by atoms with Gasteiger partial charge in [-0.3, -0.25) is 9.59 Å². The zero-order valence-electron chi connectivity index (χ0n) is 25.4. The van der Waals surface area contributed by atoms with Gasteiger partial charge in [0.2, 0.25) is 5.91 Å². The largest absolute Gasteiger partial charge is 0.353 e. The van der Waals surface area contributed by atoms with E-state index in [1.54, 1.807) is 18.3 Å². The van der Waals surface area contributed by atoms with E-state index in [1.165, 1.54) is 5.69 Å². The summed E-state index contributed by atoms with van der Waals surface area (Å²) in [5, 5.41) is 15.1. The highest BCUT2D eigenvalue weighted by atomic mass is 16.2. The molecular formula is C35H41N7O2. The van der Waals surface area contributed by atoms with Gasteiger partial charge in [0.15, 0.2) is 0 Å². The van der Waals surface area contributed by atoms with E-state index >= 15 is 0 Å². The molecule has 4 N–H and O–H groups in total. The van der Waals surface area contributed by atoms with Crippen LogP contribution in [0, 0.1) is 0 Å². The van der Waals surface area contributed by atoms with Crippen molar-refractivity contribution in [2.24, 2.45) is 14.1 Å². The van der Waals surface area contributed by atoms with Crippen molar-refractivity contribution < 1.29 is 9.59 Å². The minimum Gasteiger partial charge on any atom is -0.353 e. The molecule has 5 rings (SSSR count). The molecular weight excluding hydrogens is 550 g/mol. The van der Waals surface area contributed by atoms with Crippen LogP contribution in [0.2, 0.25) is 0 Å². The molecule has 0 bridgehead atoms. The summed E-state index contributed by atoms with van der Waals surface area (Å²) in [6.07, 6.45) is 6.97. The summed E-state index contributed by atoms with van der Waals surface area (Å²) in [5.41, 5.74) is 3.81. The first-order valence-corrected chi connectivity index (χ1v) is 15.1. The van der Waals surface area contributed by atoms with Gasteiger partial charge in [-0.05, 0) is 65.6 Å². The smallest absolute Gasteiger partial charge is 0.251 e. The summed E-state index contributed by atoms with van der Waals surface area (Å²) in [5.74, 6) is 0.504. The van der Waals surface area contributed by atoms with E-state index in [0.717, 1.165) is 47.2 Å². The molecule has 2 aromatic heterocycles. The molecule has 9 nitrogen and oxygen atoms in total. The van der Waals surface area contributed by atoms with E-state index < -0.39 is 6.04 Å². The van der Waals surface area contributed by atoms with Gasteiger partial charge in [-0.15, -0.1) is 0 Å². The average Bonchev–Trinajstić information content (AvgIpc) is 3.65. The first kappa shape index (κ1) is 30.7. The van der Waals surface area contributed by atoms with Crippen molar-refractivity contribution in [2.45, 2.75) is 45.1 Å². The Morgan fingerprint density at radius 3 is 2.39 bits per heavy atom. The molecule has 1 atom stereocenters. The molecule has 228 valence electrons. The molecule has 2 heterocycles. The van der Waals surface area contributed by atoms with Gasteiger partial charge >= 0.3 is 0 Å². The van der Waals surface area contributed by atoms with Gasteiger partial charge in [0.1, 0.15) is 11.9 Å². The average molecular weight is 592 g/mol. The number of amides is 2. The lowest BCUT2D eigenvalue weighted by Gasteiger charge is -2.19. The molecule has 0 aliphatic rings. The van der Waals surface area contributed by atoms with Crippen LogP contribution in [-0.2, 0) is 45.1 Å². The number of carbonyl (C=O) groups is 2. The van der Waals surface area contributed by atoms with E-state index in [9.17, 15) is 9.59 Å². The van der Waals surface area contributed by atoms with E-state index in [4.69, 9.17) is 0 Å². The van der Waals surface area contributed by atoms with Crippen LogP contribution in [-0.4, -0.2) is 38.5 Å². The van der Waals surface area contributed by atoms with Crippen LogP contribution in [0.5, 0.6) is 0 Å². The van der Waals surface area contributed by atoms with Crippen molar-refractivity contribution >= 4 is 22.6 Å². The second-order valence-electron chi connectivity index (χ2n) is 11.1. The third-order valence-electron chi connectivity index (χ3n) is 7.91. The molecule has 9 heteroatoms. The van der Waals surface area contributed by atoms with Gasteiger partial charge in [0.25, 0.3) is 5.91 Å². The van der Waals surface area contributed by atoms with Crippen LogP contribution in [0.4, 0.5) is 0 Å². The van der Waals surface area contributed by atoms with Crippen molar-refractivity contribution in [1.29, 1.82) is 0 Å². The number of nitrogens with one attached hydrogen (secondary N) is 4. The Labute approximate surface area is 258 Å². The minimum absolute atomic E-state index is 0.191. The number of hydrogen-bond acceptors (Lipinski definition) is 5. The number of aromatic nitrogens is 3. The molecule has 5 aromatic rings. The van der Waals surface area contributed by atoms with E-state index in [0.29, 0.717) is 31.6 Å². The van der Waals surface area contributed by atoms with Crippen molar-refractivity contribution in [3.63, 3.8) is 0 Å². The Bertz CT molecular complexity index is 1670. The molecule has 0 saturated heterocycles. The summed E-state index contributed by atoms with van der Waals surface area (Å²) in [6, 6.07) is 25.1. The highest BCUT2D eigenvalue weighted by Crippen LogP contribution is 2.18. The molecule has 0 aliphatic carbocycles. The van der Waals surface area contributed by atoms with Gasteiger partial charge in [0, 0.05) is 63.6 Å². The normalized spacial score (nSPS) is 11.9. The van der Waals surface area contributed by atoms with E-state index in [1.807, 2.05) is 73.5 Å². The minimum atomic E-state index is -0.659. The van der Waals surface area contributed by atoms with Crippen molar-refractivity contribution in [1.82, 2.24) is 35.4 Å². The fraction of sp³-hybridized carbons (Fsp3) is 0.286. The topological polar surface area (TPSA) is 105 Å². The number of aryl methyl sites for hydroxylation is 2. The summed E-state index contributed by atoms with van der Waals surface area (Å²) >= 11 is 0. The molecule has 0 fully saturated rings. The first-order chi connectivity index (χ1) is 21.5. The van der Waals surface area contributed by atoms with E-state index in [-0.39, 0.29) is 11.8 Å². The second-order valence-corrected chi connectivity index (χ2v) is 11.1.